The zero-order valence-corrected chi connectivity index (χ0v) is 66.0. The van der Waals surface area contributed by atoms with Gasteiger partial charge in [-0.25, -0.2) is 0 Å². The number of nitrogens with one attached hydrogen (secondary N) is 3. The molecule has 3 heterocycles. The first-order chi connectivity index (χ1) is 51.4. The standard InChI is InChI=1S/C76H120F6N12O15/c1-14-46(4)63-71(104)88(7)45-62(97)90(9)55-25-18-17-21-36-93(70(55)103)58(39-47-26-30-50(31-27-47)75(77,78)79)69(102)87(6)44-60(95)83-53(33-29-48-28-32-52(76(80,81)82)59(40-48)108-13)67(100)94-43-51(109-16-3)41-56(94)66(99)85-74(34-22-35-74)73(106)92(11)64(49-23-19-20-24-49)72(105)91(10)57(68(101)86(5)37-38-107-12)42-61(96)89(8)54(15-2)65(98)84-63/h17-18,46-59,63-64H,14-16,19-45H2,1-13H3,(H,83,95)(H,84,98)(H,85,99)/b18-17-/t46-,47?,48?,50?,51+,52?,53-,54-,55-,56-,57-,58-,59?,63-,64-/m0/s1. The Labute approximate surface area is 637 Å². The zero-order valence-electron chi connectivity index (χ0n) is 66.0. The monoisotopic (exact) mass is 1550 g/mol. The molecule has 33 heteroatoms. The van der Waals surface area contributed by atoms with Crippen molar-refractivity contribution in [3.63, 3.8) is 0 Å². The number of hydrogen-bond acceptors (Lipinski definition) is 15. The highest BCUT2D eigenvalue weighted by Crippen LogP contribution is 2.45. The molecule has 7 aliphatic rings. The van der Waals surface area contributed by atoms with Crippen molar-refractivity contribution in [1.82, 2.24) is 60.0 Å². The van der Waals surface area contributed by atoms with Crippen molar-refractivity contribution in [3.8, 4) is 0 Å². The minimum atomic E-state index is -4.57. The van der Waals surface area contributed by atoms with E-state index in [0.717, 1.165) is 24.5 Å². The Hall–Kier alpha value is -7.16. The van der Waals surface area contributed by atoms with Crippen LogP contribution in [0.3, 0.4) is 0 Å². The summed E-state index contributed by atoms with van der Waals surface area (Å²) in [6, 6.07) is -11.0. The van der Waals surface area contributed by atoms with Gasteiger partial charge in [0.15, 0.2) is 0 Å². The van der Waals surface area contributed by atoms with Crippen molar-refractivity contribution in [1.29, 1.82) is 0 Å². The molecule has 0 aromatic rings. The maximum Gasteiger partial charge on any atom is 0.394 e. The van der Waals surface area contributed by atoms with E-state index in [9.17, 15) is 55.1 Å². The smallest absolute Gasteiger partial charge is 0.383 e. The highest BCUT2D eigenvalue weighted by Gasteiger charge is 2.55. The fourth-order valence-corrected chi connectivity index (χ4v) is 17.3. The van der Waals surface area contributed by atoms with Crippen LogP contribution >= 0.6 is 0 Å². The molecule has 27 nitrogen and oxygen atoms in total. The van der Waals surface area contributed by atoms with Crippen LogP contribution in [-0.4, -0.2) is 303 Å². The number of fused-ring (bicyclic) bond motifs is 3. The predicted octanol–water partition coefficient (Wildman–Crippen LogP) is 5.46. The molecule has 0 radical (unpaired) electrons. The quantitative estimate of drug-likeness (QED) is 0.128. The summed E-state index contributed by atoms with van der Waals surface area (Å²) in [6.45, 7) is 5.38. The molecule has 3 N–H and O–H groups in total. The number of hydrogen-bond donors (Lipinski definition) is 3. The first kappa shape index (κ1) is 89.0. The van der Waals surface area contributed by atoms with E-state index in [4.69, 9.17) is 14.2 Å². The summed E-state index contributed by atoms with van der Waals surface area (Å²) >= 11 is 0. The van der Waals surface area contributed by atoms with Gasteiger partial charge >= 0.3 is 12.4 Å². The fourth-order valence-electron chi connectivity index (χ4n) is 17.3. The molecule has 616 valence electrons. The number of nitrogens with zero attached hydrogens (tertiary/aromatic N) is 9. The molecule has 2 saturated heterocycles. The lowest BCUT2D eigenvalue weighted by molar-refractivity contribution is -0.215. The van der Waals surface area contributed by atoms with Crippen LogP contribution in [0.15, 0.2) is 12.2 Å². The second-order valence-corrected chi connectivity index (χ2v) is 31.6. The van der Waals surface area contributed by atoms with Crippen LogP contribution in [0.2, 0.25) is 0 Å². The first-order valence-corrected chi connectivity index (χ1v) is 39.1. The minimum Gasteiger partial charge on any atom is -0.383 e. The molecule has 0 aromatic carbocycles. The molecule has 3 aliphatic heterocycles. The van der Waals surface area contributed by atoms with Crippen molar-refractivity contribution in [2.24, 2.45) is 35.5 Å². The molecule has 2 bridgehead atoms. The van der Waals surface area contributed by atoms with E-state index in [0.29, 0.717) is 38.5 Å². The molecule has 13 atom stereocenters. The third kappa shape index (κ3) is 22.0. The molecule has 0 aromatic heterocycles. The van der Waals surface area contributed by atoms with Crippen LogP contribution in [0.4, 0.5) is 26.3 Å². The fraction of sp³-hybridized carbons (Fsp3) is 0.816. The SMILES string of the molecule is CCO[C@@H]1C[C@H]2C(=O)NC3(CCC3)C(=O)N(C)[C@@H](C3CCCC3)C(=O)N(C)[C@H](C(=O)N(C)CCOC)CC(=O)N(C)[C@@H](CC)C(=O)N[C@@H]([C@@H](C)CC)C(=O)N(C)CC(=O)N(C)[C@H]3C/C=C\CCN(C3=O)[C@@H](CC3CCC(C(F)(F)F)CC3)C(=O)N(C)CC(=O)N[C@@H](CCC3CCC(C(F)(F)F)C(OC)C3)C(=O)N2C1. The molecule has 6 fully saturated rings. The lowest BCUT2D eigenvalue weighted by Gasteiger charge is -2.46. The summed E-state index contributed by atoms with van der Waals surface area (Å²) in [5.74, 6) is -14.3. The van der Waals surface area contributed by atoms with Gasteiger partial charge < -0.3 is 74.3 Å². The van der Waals surface area contributed by atoms with Crippen LogP contribution in [0.1, 0.15) is 175 Å². The van der Waals surface area contributed by atoms with Gasteiger partial charge in [0.1, 0.15) is 53.9 Å². The molecular weight excluding hydrogens is 1430 g/mol. The van der Waals surface area contributed by atoms with Crippen molar-refractivity contribution < 1.29 is 98.1 Å². The average molecular weight is 1560 g/mol. The highest BCUT2D eigenvalue weighted by atomic mass is 19.4. The van der Waals surface area contributed by atoms with E-state index in [1.807, 2.05) is 0 Å². The van der Waals surface area contributed by atoms with Gasteiger partial charge in [-0.2, -0.15) is 26.3 Å². The van der Waals surface area contributed by atoms with Gasteiger partial charge in [0.05, 0.1) is 50.2 Å². The summed E-state index contributed by atoms with van der Waals surface area (Å²) in [5, 5.41) is 8.61. The summed E-state index contributed by atoms with van der Waals surface area (Å²) in [4.78, 5) is 192. The second kappa shape index (κ2) is 39.3. The summed E-state index contributed by atoms with van der Waals surface area (Å²) in [5.41, 5.74) is -1.64. The number of methoxy groups -OCH3 is 2. The van der Waals surface area contributed by atoms with E-state index < -0.39 is 204 Å². The molecule has 4 aliphatic carbocycles. The minimum absolute atomic E-state index is 0.00152. The van der Waals surface area contributed by atoms with Gasteiger partial charge in [-0.05, 0) is 146 Å². The molecule has 7 rings (SSSR count). The van der Waals surface area contributed by atoms with Crippen LogP contribution in [-0.2, 0) is 71.7 Å². The zero-order chi connectivity index (χ0) is 80.7. The van der Waals surface area contributed by atoms with Crippen molar-refractivity contribution in [2.45, 2.75) is 254 Å². The van der Waals surface area contributed by atoms with Crippen LogP contribution in [0.5, 0.6) is 0 Å². The highest BCUT2D eigenvalue weighted by molar-refractivity contribution is 6.01. The van der Waals surface area contributed by atoms with Crippen molar-refractivity contribution in [2.75, 3.05) is 109 Å². The number of halogens is 6. The van der Waals surface area contributed by atoms with E-state index in [-0.39, 0.29) is 136 Å². The third-order valence-corrected chi connectivity index (χ3v) is 24.5. The number of likely N-dealkylation sites (N-methyl/N-ethyl adjacent to an activating group) is 7. The first-order valence-electron chi connectivity index (χ1n) is 39.1. The maximum atomic E-state index is 15.7. The lowest BCUT2D eigenvalue weighted by atomic mass is 9.74. The molecule has 1 spiro atoms. The van der Waals surface area contributed by atoms with E-state index in [1.54, 1.807) is 39.8 Å². The van der Waals surface area contributed by atoms with Gasteiger partial charge in [0, 0.05) is 96.2 Å². The van der Waals surface area contributed by atoms with Crippen molar-refractivity contribution >= 4 is 70.9 Å². The summed E-state index contributed by atoms with van der Waals surface area (Å²) in [6.07, 6.45) is -5.81. The Bertz CT molecular complexity index is 3220. The Balaban J connectivity index is 1.32. The summed E-state index contributed by atoms with van der Waals surface area (Å²) in [7, 11) is 12.2. The largest absolute Gasteiger partial charge is 0.394 e. The second-order valence-electron chi connectivity index (χ2n) is 31.6. The number of carbonyl (C=O) groups excluding carboxylic acids is 12. The lowest BCUT2D eigenvalue weighted by Crippen LogP contribution is -2.68. The van der Waals surface area contributed by atoms with Crippen LogP contribution in [0.25, 0.3) is 0 Å². The number of carbonyl (C=O) groups is 12. The Morgan fingerprint density at radius 2 is 1.31 bits per heavy atom. The molecule has 12 amide bonds. The number of amides is 12. The Morgan fingerprint density at radius 3 is 1.90 bits per heavy atom. The number of alkyl halides is 6. The molecule has 4 saturated carbocycles. The van der Waals surface area contributed by atoms with Crippen LogP contribution in [0, 0.1) is 35.5 Å². The van der Waals surface area contributed by atoms with Crippen LogP contribution < -0.4 is 16.0 Å². The Morgan fingerprint density at radius 1 is 0.661 bits per heavy atom. The van der Waals surface area contributed by atoms with E-state index in [2.05, 4.69) is 16.0 Å². The van der Waals surface area contributed by atoms with Crippen molar-refractivity contribution in [3.05, 3.63) is 12.2 Å². The van der Waals surface area contributed by atoms with E-state index in [1.165, 1.54) is 83.2 Å². The van der Waals surface area contributed by atoms with Gasteiger partial charge in [0.2, 0.25) is 70.9 Å². The predicted molar refractivity (Wildman–Crippen MR) is 388 cm³/mol. The third-order valence-electron chi connectivity index (χ3n) is 24.5. The topological polar surface area (TPSA) is 298 Å². The van der Waals surface area contributed by atoms with Gasteiger partial charge in [-0.3, -0.25) is 57.5 Å². The molecule has 109 heavy (non-hydrogen) atoms. The normalized spacial score (nSPS) is 31.1. The maximum absolute atomic E-state index is 15.7. The van der Waals surface area contributed by atoms with Gasteiger partial charge in [-0.1, -0.05) is 52.2 Å². The molecular formula is C76H120F6N12O15. The number of ether oxygens (including phenoxy) is 3. The van der Waals surface area contributed by atoms with Gasteiger partial charge in [-0.15, -0.1) is 0 Å². The number of rotatable bonds is 16. The Kier molecular flexibility index (Phi) is 32.1. The van der Waals surface area contributed by atoms with Gasteiger partial charge in [0.25, 0.3) is 0 Å². The van der Waals surface area contributed by atoms with E-state index >= 15 is 28.8 Å². The summed E-state index contributed by atoms with van der Waals surface area (Å²) < 4.78 is 102. The molecule has 3 unspecified atom stereocenters. The average Bonchev–Trinajstić information content (AvgIpc) is 1.75.